The van der Waals surface area contributed by atoms with Crippen molar-refractivity contribution in [2.24, 2.45) is 5.92 Å². The van der Waals surface area contributed by atoms with Gasteiger partial charge in [-0.2, -0.15) is 0 Å². The molecule has 1 aliphatic rings. The molecule has 0 spiro atoms. The van der Waals surface area contributed by atoms with Gasteiger partial charge in [-0.3, -0.25) is 4.79 Å². The van der Waals surface area contributed by atoms with Crippen LogP contribution in [0.15, 0.2) is 36.9 Å². The van der Waals surface area contributed by atoms with Crippen LogP contribution in [0.3, 0.4) is 0 Å². The number of piperidine rings is 1. The van der Waals surface area contributed by atoms with E-state index >= 15 is 0 Å². The topological polar surface area (TPSA) is 105 Å². The number of carbonyl (C=O) groups excluding carboxylic acids is 1. The molecule has 1 amide bonds. The molecule has 4 aromatic rings. The zero-order valence-electron chi connectivity index (χ0n) is 19.3. The number of amides is 1. The van der Waals surface area contributed by atoms with Gasteiger partial charge in [-0.25, -0.2) is 19.9 Å². The summed E-state index contributed by atoms with van der Waals surface area (Å²) in [4.78, 5) is 35.5. The number of hydrogen-bond acceptors (Lipinski definition) is 6. The zero-order chi connectivity index (χ0) is 22.9. The van der Waals surface area contributed by atoms with Crippen LogP contribution < -0.4 is 5.32 Å². The number of fused-ring (bicyclic) bond motifs is 2. The SMILES string of the molecule is CC(C)CC(=O)N1CCC(n2c([C@H](C)Nc3ncnc4nc[nH]c34)nc3ccccc32)CC1. The second-order valence-electron chi connectivity index (χ2n) is 9.23. The van der Waals surface area contributed by atoms with Crippen LogP contribution in [0, 0.1) is 5.92 Å². The lowest BCUT2D eigenvalue weighted by Gasteiger charge is -2.34. The van der Waals surface area contributed by atoms with Crippen molar-refractivity contribution in [1.29, 1.82) is 0 Å². The molecule has 2 N–H and O–H groups in total. The van der Waals surface area contributed by atoms with Crippen molar-refractivity contribution in [3.05, 3.63) is 42.7 Å². The minimum Gasteiger partial charge on any atom is -0.358 e. The molecule has 33 heavy (non-hydrogen) atoms. The van der Waals surface area contributed by atoms with Crippen molar-refractivity contribution in [2.45, 2.75) is 52.1 Å². The maximum absolute atomic E-state index is 12.6. The number of nitrogens with one attached hydrogen (secondary N) is 2. The predicted octanol–water partition coefficient (Wildman–Crippen LogP) is 4.09. The second kappa shape index (κ2) is 8.80. The molecule has 4 heterocycles. The van der Waals surface area contributed by atoms with E-state index in [1.54, 1.807) is 6.33 Å². The maximum Gasteiger partial charge on any atom is 0.222 e. The van der Waals surface area contributed by atoms with E-state index in [2.05, 4.69) is 68.8 Å². The first-order valence-electron chi connectivity index (χ1n) is 11.7. The number of aromatic amines is 1. The number of H-pyrrole nitrogens is 1. The zero-order valence-corrected chi connectivity index (χ0v) is 19.3. The maximum atomic E-state index is 12.6. The first-order valence-corrected chi connectivity index (χ1v) is 11.7. The molecule has 9 nitrogen and oxygen atoms in total. The molecule has 1 aromatic carbocycles. The summed E-state index contributed by atoms with van der Waals surface area (Å²) in [6.07, 6.45) is 5.60. The second-order valence-corrected chi connectivity index (χ2v) is 9.23. The Balaban J connectivity index is 1.42. The van der Waals surface area contributed by atoms with E-state index in [0.717, 1.165) is 48.3 Å². The number of rotatable bonds is 6. The largest absolute Gasteiger partial charge is 0.358 e. The summed E-state index contributed by atoms with van der Waals surface area (Å²) in [6.45, 7) is 7.86. The number of carbonyl (C=O) groups is 1. The van der Waals surface area contributed by atoms with Gasteiger partial charge in [0.2, 0.25) is 5.91 Å². The van der Waals surface area contributed by atoms with Crippen LogP contribution in [0.2, 0.25) is 0 Å². The van der Waals surface area contributed by atoms with E-state index < -0.39 is 0 Å². The average Bonchev–Trinajstić information content (AvgIpc) is 3.44. The highest BCUT2D eigenvalue weighted by atomic mass is 16.2. The number of aromatic nitrogens is 6. The molecule has 0 bridgehead atoms. The van der Waals surface area contributed by atoms with Crippen LogP contribution in [-0.4, -0.2) is 53.4 Å². The third-order valence-electron chi connectivity index (χ3n) is 6.35. The smallest absolute Gasteiger partial charge is 0.222 e. The highest BCUT2D eigenvalue weighted by molar-refractivity contribution is 5.82. The molecule has 0 aliphatic carbocycles. The van der Waals surface area contributed by atoms with Crippen LogP contribution in [0.5, 0.6) is 0 Å². The molecule has 1 fully saturated rings. The van der Waals surface area contributed by atoms with E-state index in [4.69, 9.17) is 4.98 Å². The van der Waals surface area contributed by atoms with Crippen molar-refractivity contribution in [1.82, 2.24) is 34.4 Å². The molecule has 1 aliphatic heterocycles. The van der Waals surface area contributed by atoms with E-state index in [-0.39, 0.29) is 18.0 Å². The summed E-state index contributed by atoms with van der Waals surface area (Å²) < 4.78 is 2.36. The third-order valence-corrected chi connectivity index (χ3v) is 6.35. The lowest BCUT2D eigenvalue weighted by atomic mass is 10.0. The number of likely N-dealkylation sites (tertiary alicyclic amines) is 1. The Kier molecular flexibility index (Phi) is 5.70. The summed E-state index contributed by atoms with van der Waals surface area (Å²) in [7, 11) is 0. The highest BCUT2D eigenvalue weighted by Gasteiger charge is 2.28. The number of para-hydroxylation sites is 2. The van der Waals surface area contributed by atoms with Crippen LogP contribution in [-0.2, 0) is 4.79 Å². The Morgan fingerprint density at radius 3 is 2.73 bits per heavy atom. The molecule has 1 saturated heterocycles. The third kappa shape index (κ3) is 4.15. The fourth-order valence-corrected chi connectivity index (χ4v) is 4.75. The van der Waals surface area contributed by atoms with Gasteiger partial charge in [0, 0.05) is 25.6 Å². The summed E-state index contributed by atoms with van der Waals surface area (Å²) in [5.41, 5.74) is 3.52. The number of benzene rings is 1. The van der Waals surface area contributed by atoms with Gasteiger partial charge in [0.05, 0.1) is 23.4 Å². The Hall–Kier alpha value is -3.49. The van der Waals surface area contributed by atoms with E-state index in [0.29, 0.717) is 23.8 Å². The summed E-state index contributed by atoms with van der Waals surface area (Å²) >= 11 is 0. The van der Waals surface area contributed by atoms with Gasteiger partial charge in [0.25, 0.3) is 0 Å². The standard InChI is InChI=1S/C24H30N8O/c1-15(2)12-20(33)31-10-8-17(9-11-31)32-19-7-5-4-6-18(19)30-24(32)16(3)29-23-21-22(26-13-25-21)27-14-28-23/h4-7,13-17H,8-12H2,1-3H3,(H2,25,26,27,28,29)/t16-/m0/s1. The monoisotopic (exact) mass is 446 g/mol. The lowest BCUT2D eigenvalue weighted by Crippen LogP contribution is -2.39. The molecule has 1 atom stereocenters. The summed E-state index contributed by atoms with van der Waals surface area (Å²) in [5.74, 6) is 2.32. The number of hydrogen-bond donors (Lipinski definition) is 2. The lowest BCUT2D eigenvalue weighted by molar-refractivity contribution is -0.133. The minimum absolute atomic E-state index is 0.0839. The van der Waals surface area contributed by atoms with Gasteiger partial charge in [-0.1, -0.05) is 26.0 Å². The van der Waals surface area contributed by atoms with Crippen LogP contribution in [0.4, 0.5) is 5.82 Å². The van der Waals surface area contributed by atoms with Crippen molar-refractivity contribution >= 4 is 33.9 Å². The van der Waals surface area contributed by atoms with E-state index in [1.807, 2.05) is 11.0 Å². The Morgan fingerprint density at radius 1 is 1.15 bits per heavy atom. The molecular weight excluding hydrogens is 416 g/mol. The van der Waals surface area contributed by atoms with Crippen LogP contribution >= 0.6 is 0 Å². The quantitative estimate of drug-likeness (QED) is 0.462. The van der Waals surface area contributed by atoms with Crippen molar-refractivity contribution in [2.75, 3.05) is 18.4 Å². The predicted molar refractivity (Wildman–Crippen MR) is 128 cm³/mol. The van der Waals surface area contributed by atoms with Crippen LogP contribution in [0.25, 0.3) is 22.2 Å². The fraction of sp³-hybridized carbons (Fsp3) is 0.458. The van der Waals surface area contributed by atoms with Gasteiger partial charge in [-0.15, -0.1) is 0 Å². The Labute approximate surface area is 192 Å². The molecule has 0 radical (unpaired) electrons. The Bertz CT molecular complexity index is 1270. The van der Waals surface area contributed by atoms with E-state index in [9.17, 15) is 4.79 Å². The molecule has 5 rings (SSSR count). The number of nitrogens with zero attached hydrogens (tertiary/aromatic N) is 6. The van der Waals surface area contributed by atoms with Crippen molar-refractivity contribution in [3.8, 4) is 0 Å². The minimum atomic E-state index is -0.0839. The summed E-state index contributed by atoms with van der Waals surface area (Å²) in [5, 5.41) is 3.51. The van der Waals surface area contributed by atoms with Gasteiger partial charge in [0.15, 0.2) is 11.5 Å². The average molecular weight is 447 g/mol. The molecule has 172 valence electrons. The normalized spacial score (nSPS) is 16.1. The molecule has 0 saturated carbocycles. The van der Waals surface area contributed by atoms with Gasteiger partial charge < -0.3 is 19.8 Å². The molecule has 9 heteroatoms. The van der Waals surface area contributed by atoms with E-state index in [1.165, 1.54) is 6.33 Å². The number of imidazole rings is 2. The fourth-order valence-electron chi connectivity index (χ4n) is 4.75. The molecule has 3 aromatic heterocycles. The van der Waals surface area contributed by atoms with Crippen molar-refractivity contribution < 1.29 is 4.79 Å². The van der Waals surface area contributed by atoms with Crippen molar-refractivity contribution in [3.63, 3.8) is 0 Å². The molecule has 0 unspecified atom stereocenters. The van der Waals surface area contributed by atoms with Crippen LogP contribution in [0.1, 0.15) is 57.9 Å². The Morgan fingerprint density at radius 2 is 1.94 bits per heavy atom. The number of anilines is 1. The first-order chi connectivity index (χ1) is 16.0. The van der Waals surface area contributed by atoms with Gasteiger partial charge >= 0.3 is 0 Å². The summed E-state index contributed by atoms with van der Waals surface area (Å²) in [6, 6.07) is 8.47. The van der Waals surface area contributed by atoms with Gasteiger partial charge in [-0.05, 0) is 37.8 Å². The molecular formula is C24H30N8O. The van der Waals surface area contributed by atoms with Gasteiger partial charge in [0.1, 0.15) is 17.7 Å². The first kappa shape index (κ1) is 21.4. The highest BCUT2D eigenvalue weighted by Crippen LogP contribution is 2.33.